The molecule has 3 rings (SSSR count). The van der Waals surface area contributed by atoms with Gasteiger partial charge in [-0.25, -0.2) is 4.98 Å². The molecule has 1 saturated carbocycles. The van der Waals surface area contributed by atoms with Crippen molar-refractivity contribution in [2.45, 2.75) is 38.9 Å². The largest absolute Gasteiger partial charge is 0.337 e. The highest BCUT2D eigenvalue weighted by molar-refractivity contribution is 4.92. The van der Waals surface area contributed by atoms with E-state index < -0.39 is 0 Å². The van der Waals surface area contributed by atoms with Crippen LogP contribution in [0.25, 0.3) is 0 Å². The van der Waals surface area contributed by atoms with E-state index in [9.17, 15) is 0 Å². The molecule has 19 heavy (non-hydrogen) atoms. The Bertz CT molecular complexity index is 485. The molecule has 2 aromatic heterocycles. The van der Waals surface area contributed by atoms with Crippen molar-refractivity contribution in [2.75, 3.05) is 6.54 Å². The Morgan fingerprint density at radius 3 is 3.05 bits per heavy atom. The van der Waals surface area contributed by atoms with Gasteiger partial charge in [0.1, 0.15) is 0 Å². The van der Waals surface area contributed by atoms with Crippen molar-refractivity contribution in [3.63, 3.8) is 0 Å². The molecule has 0 unspecified atom stereocenters. The molecule has 2 aromatic rings. The van der Waals surface area contributed by atoms with E-state index in [0.717, 1.165) is 44.2 Å². The molecule has 0 aliphatic heterocycles. The van der Waals surface area contributed by atoms with Crippen LogP contribution in [0.2, 0.25) is 0 Å². The van der Waals surface area contributed by atoms with Crippen LogP contribution in [-0.2, 0) is 19.6 Å². The topological polar surface area (TPSA) is 60.6 Å². The second-order valence-electron chi connectivity index (χ2n) is 5.20. The molecule has 102 valence electrons. The minimum atomic E-state index is 0.831. The Morgan fingerprint density at radius 2 is 2.26 bits per heavy atom. The van der Waals surface area contributed by atoms with E-state index in [1.165, 1.54) is 12.8 Å². The fourth-order valence-corrected chi connectivity index (χ4v) is 2.09. The van der Waals surface area contributed by atoms with Gasteiger partial charge in [0.15, 0.2) is 0 Å². The lowest BCUT2D eigenvalue weighted by atomic mass is 10.4. The van der Waals surface area contributed by atoms with Gasteiger partial charge in [0.2, 0.25) is 0 Å². The zero-order valence-electron chi connectivity index (χ0n) is 11.1. The monoisotopic (exact) mass is 260 g/mol. The molecular weight excluding hydrogens is 240 g/mol. The molecule has 1 N–H and O–H groups in total. The highest BCUT2D eigenvalue weighted by Crippen LogP contribution is 2.27. The molecule has 0 saturated heterocycles. The van der Waals surface area contributed by atoms with Gasteiger partial charge in [0.05, 0.1) is 12.0 Å². The summed E-state index contributed by atoms with van der Waals surface area (Å²) in [6, 6.07) is 0. The summed E-state index contributed by atoms with van der Waals surface area (Å²) in [6.07, 6.45) is 11.5. The van der Waals surface area contributed by atoms with Crippen LogP contribution >= 0.6 is 0 Å². The Hall–Kier alpha value is -1.69. The number of nitrogens with one attached hydrogen (secondary N) is 1. The molecule has 0 amide bonds. The second-order valence-corrected chi connectivity index (χ2v) is 5.20. The van der Waals surface area contributed by atoms with Gasteiger partial charge >= 0.3 is 0 Å². The predicted molar refractivity (Wildman–Crippen MR) is 71.3 cm³/mol. The first-order chi connectivity index (χ1) is 9.40. The molecule has 1 fully saturated rings. The molecular formula is C13H20N6. The third kappa shape index (κ3) is 3.89. The number of hydrogen-bond acceptors (Lipinski definition) is 4. The molecule has 0 radical (unpaired) electrons. The van der Waals surface area contributed by atoms with Crippen LogP contribution in [0, 0.1) is 5.92 Å². The molecule has 1 aliphatic rings. The van der Waals surface area contributed by atoms with Crippen molar-refractivity contribution < 1.29 is 0 Å². The van der Waals surface area contributed by atoms with E-state index >= 15 is 0 Å². The second kappa shape index (κ2) is 5.97. The average molecular weight is 260 g/mol. The molecule has 2 heterocycles. The van der Waals surface area contributed by atoms with Gasteiger partial charge in [-0.15, -0.1) is 5.10 Å². The van der Waals surface area contributed by atoms with Crippen LogP contribution in [0.3, 0.4) is 0 Å². The zero-order chi connectivity index (χ0) is 12.9. The lowest BCUT2D eigenvalue weighted by molar-refractivity contribution is 0.514. The van der Waals surface area contributed by atoms with Crippen LogP contribution in [0.5, 0.6) is 0 Å². The fraction of sp³-hybridized carbons (Fsp3) is 0.615. The molecule has 0 atom stereocenters. The van der Waals surface area contributed by atoms with E-state index in [2.05, 4.69) is 25.2 Å². The van der Waals surface area contributed by atoms with Gasteiger partial charge < -0.3 is 9.88 Å². The maximum Gasteiger partial charge on any atom is 0.0964 e. The van der Waals surface area contributed by atoms with Crippen LogP contribution in [0.4, 0.5) is 0 Å². The first kappa shape index (κ1) is 12.3. The van der Waals surface area contributed by atoms with Crippen molar-refractivity contribution in [1.82, 2.24) is 29.9 Å². The van der Waals surface area contributed by atoms with E-state index in [-0.39, 0.29) is 0 Å². The quantitative estimate of drug-likeness (QED) is 0.771. The summed E-state index contributed by atoms with van der Waals surface area (Å²) in [6.45, 7) is 3.81. The standard InChI is InChI=1S/C13H20N6/c1(5-18-7-4-14-11-18)6-19-10-13(16-17-19)9-15-8-12-2-3-12/h4,7,10-12,15H,1-3,5-6,8-9H2. The lowest BCUT2D eigenvalue weighted by Crippen LogP contribution is -2.16. The van der Waals surface area contributed by atoms with E-state index in [0.29, 0.717) is 0 Å². The Kier molecular flexibility index (Phi) is 3.88. The predicted octanol–water partition coefficient (Wildman–Crippen LogP) is 1.06. The molecule has 6 heteroatoms. The number of hydrogen-bond donors (Lipinski definition) is 1. The molecule has 1 aliphatic carbocycles. The highest BCUT2D eigenvalue weighted by atomic mass is 15.4. The summed E-state index contributed by atoms with van der Waals surface area (Å²) in [7, 11) is 0. The number of imidazole rings is 1. The summed E-state index contributed by atoms with van der Waals surface area (Å²) in [4.78, 5) is 4.02. The third-order valence-electron chi connectivity index (χ3n) is 3.38. The molecule has 0 bridgehead atoms. The fourth-order valence-electron chi connectivity index (χ4n) is 2.09. The minimum absolute atomic E-state index is 0.831. The lowest BCUT2D eigenvalue weighted by Gasteiger charge is -2.01. The van der Waals surface area contributed by atoms with Gasteiger partial charge in [-0.1, -0.05) is 5.21 Å². The number of aromatic nitrogens is 5. The SMILES string of the molecule is c1cn(CCCn2cc(CNCC3CC3)nn2)cn1. The van der Waals surface area contributed by atoms with Crippen molar-refractivity contribution in [2.24, 2.45) is 5.92 Å². The van der Waals surface area contributed by atoms with E-state index in [1.807, 2.05) is 23.4 Å². The molecule has 0 aromatic carbocycles. The number of aryl methyl sites for hydroxylation is 2. The smallest absolute Gasteiger partial charge is 0.0964 e. The zero-order valence-corrected chi connectivity index (χ0v) is 11.1. The van der Waals surface area contributed by atoms with E-state index in [1.54, 1.807) is 6.20 Å². The Labute approximate surface area is 112 Å². The van der Waals surface area contributed by atoms with Crippen LogP contribution in [-0.4, -0.2) is 31.1 Å². The summed E-state index contributed by atoms with van der Waals surface area (Å²) in [5.41, 5.74) is 1.03. The van der Waals surface area contributed by atoms with Crippen molar-refractivity contribution in [1.29, 1.82) is 0 Å². The molecule has 6 nitrogen and oxygen atoms in total. The van der Waals surface area contributed by atoms with Gasteiger partial charge in [-0.05, 0) is 31.7 Å². The van der Waals surface area contributed by atoms with E-state index in [4.69, 9.17) is 0 Å². The molecule has 0 spiro atoms. The van der Waals surface area contributed by atoms with Crippen molar-refractivity contribution >= 4 is 0 Å². The Balaban J connectivity index is 1.37. The number of nitrogens with zero attached hydrogens (tertiary/aromatic N) is 5. The van der Waals surface area contributed by atoms with Crippen molar-refractivity contribution in [3.05, 3.63) is 30.6 Å². The summed E-state index contributed by atoms with van der Waals surface area (Å²) >= 11 is 0. The average Bonchev–Trinajstić information content (AvgIpc) is 2.91. The minimum Gasteiger partial charge on any atom is -0.337 e. The highest BCUT2D eigenvalue weighted by Gasteiger charge is 2.20. The van der Waals surface area contributed by atoms with Gasteiger partial charge in [0, 0.05) is 38.2 Å². The van der Waals surface area contributed by atoms with Crippen molar-refractivity contribution in [3.8, 4) is 0 Å². The number of rotatable bonds is 8. The maximum atomic E-state index is 4.18. The maximum absolute atomic E-state index is 4.18. The summed E-state index contributed by atoms with van der Waals surface area (Å²) in [5, 5.41) is 11.8. The summed E-state index contributed by atoms with van der Waals surface area (Å²) < 4.78 is 4.00. The normalized spacial score (nSPS) is 14.9. The Morgan fingerprint density at radius 1 is 1.32 bits per heavy atom. The van der Waals surface area contributed by atoms with Gasteiger partial charge in [-0.2, -0.15) is 0 Å². The van der Waals surface area contributed by atoms with Crippen LogP contribution < -0.4 is 5.32 Å². The first-order valence-electron chi connectivity index (χ1n) is 6.95. The van der Waals surface area contributed by atoms with Gasteiger partial charge in [-0.3, -0.25) is 4.68 Å². The van der Waals surface area contributed by atoms with Gasteiger partial charge in [0.25, 0.3) is 0 Å². The third-order valence-corrected chi connectivity index (χ3v) is 3.38. The first-order valence-corrected chi connectivity index (χ1v) is 6.95. The van der Waals surface area contributed by atoms with Crippen LogP contribution in [0.15, 0.2) is 24.9 Å². The van der Waals surface area contributed by atoms with Crippen LogP contribution in [0.1, 0.15) is 25.0 Å². The summed E-state index contributed by atoms with van der Waals surface area (Å²) in [5.74, 6) is 0.908.